The first-order valence-corrected chi connectivity index (χ1v) is 7.82. The molecule has 1 unspecified atom stereocenters. The zero-order chi connectivity index (χ0) is 12.5. The molecule has 0 radical (unpaired) electrons. The number of hydrogen-bond donors (Lipinski definition) is 2. The van der Waals surface area contributed by atoms with Crippen LogP contribution >= 0.6 is 27.3 Å². The van der Waals surface area contributed by atoms with Crippen LogP contribution < -0.4 is 11.3 Å². The van der Waals surface area contributed by atoms with Gasteiger partial charge in [-0.1, -0.05) is 18.2 Å². The predicted octanol–water partition coefficient (Wildman–Crippen LogP) is 3.55. The number of rotatable bonds is 3. The maximum absolute atomic E-state index is 5.74. The third kappa shape index (κ3) is 2.14. The summed E-state index contributed by atoms with van der Waals surface area (Å²) in [4.78, 5) is 0. The second-order valence-electron chi connectivity index (χ2n) is 4.66. The van der Waals surface area contributed by atoms with Gasteiger partial charge in [-0.05, 0) is 62.8 Å². The number of nitrogens with one attached hydrogen (secondary N) is 1. The molecular weight excluding hydrogens is 308 g/mol. The summed E-state index contributed by atoms with van der Waals surface area (Å²) >= 11 is 5.27. The minimum Gasteiger partial charge on any atom is -0.271 e. The van der Waals surface area contributed by atoms with Gasteiger partial charge in [-0.25, -0.2) is 5.43 Å². The Morgan fingerprint density at radius 2 is 2.06 bits per heavy atom. The van der Waals surface area contributed by atoms with Crippen LogP contribution in [-0.4, -0.2) is 0 Å². The number of halogens is 1. The molecule has 0 aliphatic heterocycles. The molecule has 1 aromatic carbocycles. The van der Waals surface area contributed by atoms with Crippen molar-refractivity contribution in [2.75, 3.05) is 0 Å². The Morgan fingerprint density at radius 3 is 2.78 bits per heavy atom. The zero-order valence-corrected chi connectivity index (χ0v) is 12.4. The monoisotopic (exact) mass is 322 g/mol. The second kappa shape index (κ2) is 5.13. The average molecular weight is 323 g/mol. The van der Waals surface area contributed by atoms with E-state index in [1.165, 1.54) is 41.5 Å². The predicted molar refractivity (Wildman–Crippen MR) is 79.7 cm³/mol. The largest absolute Gasteiger partial charge is 0.271 e. The molecule has 0 amide bonds. The normalized spacial score (nSPS) is 15.7. The van der Waals surface area contributed by atoms with Crippen molar-refractivity contribution in [3.05, 3.63) is 55.7 Å². The topological polar surface area (TPSA) is 38.0 Å². The molecule has 1 aromatic heterocycles. The summed E-state index contributed by atoms with van der Waals surface area (Å²) in [6, 6.07) is 6.81. The number of benzene rings is 1. The Hall–Kier alpha value is -0.680. The van der Waals surface area contributed by atoms with Crippen molar-refractivity contribution in [2.45, 2.75) is 25.3 Å². The molecule has 18 heavy (non-hydrogen) atoms. The fraction of sp³-hybridized carbons (Fsp3) is 0.286. The van der Waals surface area contributed by atoms with Crippen LogP contribution in [0.3, 0.4) is 0 Å². The van der Waals surface area contributed by atoms with E-state index in [4.69, 9.17) is 5.84 Å². The molecule has 3 N–H and O–H groups in total. The Balaban J connectivity index is 2.00. The quantitative estimate of drug-likeness (QED) is 0.670. The van der Waals surface area contributed by atoms with Gasteiger partial charge >= 0.3 is 0 Å². The van der Waals surface area contributed by atoms with E-state index in [-0.39, 0.29) is 6.04 Å². The molecule has 1 heterocycles. The van der Waals surface area contributed by atoms with Crippen molar-refractivity contribution in [3.8, 4) is 0 Å². The molecule has 1 aliphatic carbocycles. The third-order valence-corrected chi connectivity index (χ3v) is 5.33. The Morgan fingerprint density at radius 1 is 1.22 bits per heavy atom. The Labute approximate surface area is 119 Å². The molecule has 0 spiro atoms. The molecule has 2 nitrogen and oxygen atoms in total. The molecule has 0 fully saturated rings. The van der Waals surface area contributed by atoms with Crippen LogP contribution in [0.15, 0.2) is 33.4 Å². The lowest BCUT2D eigenvalue weighted by Crippen LogP contribution is -2.28. The van der Waals surface area contributed by atoms with Gasteiger partial charge < -0.3 is 0 Å². The molecular formula is C14H15BrN2S. The second-order valence-corrected chi connectivity index (χ2v) is 6.25. The van der Waals surface area contributed by atoms with Crippen LogP contribution in [0, 0.1) is 0 Å². The number of nitrogens with two attached hydrogens (primary N) is 1. The van der Waals surface area contributed by atoms with Crippen molar-refractivity contribution in [2.24, 2.45) is 5.84 Å². The van der Waals surface area contributed by atoms with Crippen molar-refractivity contribution >= 4 is 27.3 Å². The van der Waals surface area contributed by atoms with E-state index >= 15 is 0 Å². The third-order valence-electron chi connectivity index (χ3n) is 3.58. The van der Waals surface area contributed by atoms with Gasteiger partial charge in [0.1, 0.15) is 0 Å². The standard InChI is InChI=1S/C14H15BrN2S/c15-13-8-18-7-12(13)14(17-16)11-5-4-9-2-1-3-10(9)6-11/h4-8,14,17H,1-3,16H2. The van der Waals surface area contributed by atoms with Crippen LogP contribution in [0.2, 0.25) is 0 Å². The first kappa shape index (κ1) is 12.4. The van der Waals surface area contributed by atoms with Crippen molar-refractivity contribution in [3.63, 3.8) is 0 Å². The highest BCUT2D eigenvalue weighted by Gasteiger charge is 2.18. The average Bonchev–Trinajstić information content (AvgIpc) is 2.99. The van der Waals surface area contributed by atoms with Gasteiger partial charge in [0.05, 0.1) is 6.04 Å². The van der Waals surface area contributed by atoms with Gasteiger partial charge in [0.15, 0.2) is 0 Å². The number of fused-ring (bicyclic) bond motifs is 1. The summed E-state index contributed by atoms with van der Waals surface area (Å²) < 4.78 is 1.12. The maximum Gasteiger partial charge on any atom is 0.0729 e. The fourth-order valence-electron chi connectivity index (χ4n) is 2.63. The molecule has 0 saturated carbocycles. The van der Waals surface area contributed by atoms with E-state index in [0.29, 0.717) is 0 Å². The number of thiophene rings is 1. The maximum atomic E-state index is 5.74. The molecule has 0 bridgehead atoms. The lowest BCUT2D eigenvalue weighted by atomic mass is 9.98. The van der Waals surface area contributed by atoms with Gasteiger partial charge in [-0.15, -0.1) is 0 Å². The van der Waals surface area contributed by atoms with Crippen molar-refractivity contribution in [1.29, 1.82) is 0 Å². The highest BCUT2D eigenvalue weighted by molar-refractivity contribution is 9.10. The van der Waals surface area contributed by atoms with Crippen LogP contribution in [-0.2, 0) is 12.8 Å². The summed E-state index contributed by atoms with van der Waals surface area (Å²) in [7, 11) is 0. The van der Waals surface area contributed by atoms with E-state index in [9.17, 15) is 0 Å². The highest BCUT2D eigenvalue weighted by atomic mass is 79.9. The van der Waals surface area contributed by atoms with Crippen LogP contribution in [0.1, 0.15) is 34.7 Å². The Kier molecular flexibility index (Phi) is 3.52. The molecule has 1 atom stereocenters. The minimum absolute atomic E-state index is 0.0662. The molecule has 1 aliphatic rings. The van der Waals surface area contributed by atoms with Crippen LogP contribution in [0.25, 0.3) is 0 Å². The number of aryl methyl sites for hydroxylation is 2. The summed E-state index contributed by atoms with van der Waals surface area (Å²) in [5.41, 5.74) is 8.37. The van der Waals surface area contributed by atoms with Gasteiger partial charge in [0.2, 0.25) is 0 Å². The smallest absolute Gasteiger partial charge is 0.0729 e. The SMILES string of the molecule is NNC(c1ccc2c(c1)CCC2)c1cscc1Br. The number of hydrazine groups is 1. The van der Waals surface area contributed by atoms with Gasteiger partial charge in [0.25, 0.3) is 0 Å². The summed E-state index contributed by atoms with van der Waals surface area (Å²) in [5.74, 6) is 5.74. The summed E-state index contributed by atoms with van der Waals surface area (Å²) in [6.45, 7) is 0. The first-order chi connectivity index (χ1) is 8.79. The van der Waals surface area contributed by atoms with E-state index < -0.39 is 0 Å². The first-order valence-electron chi connectivity index (χ1n) is 6.09. The van der Waals surface area contributed by atoms with Gasteiger partial charge in [-0.3, -0.25) is 5.84 Å². The molecule has 0 saturated heterocycles. The fourth-order valence-corrected chi connectivity index (χ4v) is 4.19. The Bertz CT molecular complexity index is 565. The van der Waals surface area contributed by atoms with Crippen LogP contribution in [0.5, 0.6) is 0 Å². The van der Waals surface area contributed by atoms with E-state index in [1.54, 1.807) is 11.3 Å². The van der Waals surface area contributed by atoms with E-state index in [0.717, 1.165) is 4.47 Å². The molecule has 3 rings (SSSR count). The molecule has 94 valence electrons. The van der Waals surface area contributed by atoms with Crippen molar-refractivity contribution < 1.29 is 0 Å². The van der Waals surface area contributed by atoms with Gasteiger partial charge in [0, 0.05) is 9.85 Å². The van der Waals surface area contributed by atoms with E-state index in [1.807, 2.05) is 0 Å². The number of hydrogen-bond acceptors (Lipinski definition) is 3. The lowest BCUT2D eigenvalue weighted by Gasteiger charge is -2.17. The van der Waals surface area contributed by atoms with E-state index in [2.05, 4.69) is 50.3 Å². The summed E-state index contributed by atoms with van der Waals surface area (Å²) in [5, 5.41) is 4.23. The zero-order valence-electron chi connectivity index (χ0n) is 9.95. The minimum atomic E-state index is 0.0662. The van der Waals surface area contributed by atoms with Gasteiger partial charge in [-0.2, -0.15) is 11.3 Å². The van der Waals surface area contributed by atoms with Crippen molar-refractivity contribution in [1.82, 2.24) is 5.43 Å². The molecule has 2 aromatic rings. The molecule has 4 heteroatoms. The lowest BCUT2D eigenvalue weighted by molar-refractivity contribution is 0.636. The summed E-state index contributed by atoms with van der Waals surface area (Å²) in [6.07, 6.45) is 3.70. The highest BCUT2D eigenvalue weighted by Crippen LogP contribution is 2.33. The van der Waals surface area contributed by atoms with Crippen LogP contribution in [0.4, 0.5) is 0 Å².